The Labute approximate surface area is 125 Å². The molecule has 0 aliphatic heterocycles. The highest BCUT2D eigenvalue weighted by Crippen LogP contribution is 2.27. The van der Waals surface area contributed by atoms with Crippen molar-refractivity contribution in [2.24, 2.45) is 0 Å². The van der Waals surface area contributed by atoms with E-state index >= 15 is 0 Å². The monoisotopic (exact) mass is 307 g/mol. The van der Waals surface area contributed by atoms with Crippen LogP contribution in [0.4, 0.5) is 0 Å². The van der Waals surface area contributed by atoms with Gasteiger partial charge in [0.15, 0.2) is 0 Å². The number of hydrogen-bond donors (Lipinski definition) is 3. The number of fused-ring (bicyclic) bond motifs is 1. The molecule has 2 aromatic heterocycles. The third kappa shape index (κ3) is 2.71. The van der Waals surface area contributed by atoms with Crippen LogP contribution >= 0.6 is 11.3 Å². The summed E-state index contributed by atoms with van der Waals surface area (Å²) in [6.45, 7) is 1.77. The van der Waals surface area contributed by atoms with Gasteiger partial charge >= 0.3 is 0 Å². The lowest BCUT2D eigenvalue weighted by molar-refractivity contribution is 0.0871. The van der Waals surface area contributed by atoms with Gasteiger partial charge in [-0.1, -0.05) is 0 Å². The smallest absolute Gasteiger partial charge is 0.261 e. The lowest BCUT2D eigenvalue weighted by Gasteiger charge is -2.26. The van der Waals surface area contributed by atoms with Gasteiger partial charge in [0.05, 0.1) is 22.7 Å². The highest BCUT2D eigenvalue weighted by molar-refractivity contribution is 7.20. The first-order chi connectivity index (χ1) is 10.1. The molecule has 0 radical (unpaired) electrons. The molecular formula is C14H17N3O3S. The van der Waals surface area contributed by atoms with Crippen molar-refractivity contribution in [3.05, 3.63) is 27.1 Å². The number of nitrogens with zero attached hydrogens (tertiary/aromatic N) is 1. The number of aromatic amines is 1. The molecule has 0 saturated heterocycles. The van der Waals surface area contributed by atoms with Gasteiger partial charge in [-0.3, -0.25) is 9.59 Å². The summed E-state index contributed by atoms with van der Waals surface area (Å²) < 4.78 is 0. The van der Waals surface area contributed by atoms with Crippen molar-refractivity contribution in [2.75, 3.05) is 0 Å². The number of rotatable bonds is 2. The first-order valence-corrected chi connectivity index (χ1v) is 7.83. The molecule has 0 unspecified atom stereocenters. The summed E-state index contributed by atoms with van der Waals surface area (Å²) in [5, 5.41) is 13.0. The second-order valence-corrected chi connectivity index (χ2v) is 6.45. The Balaban J connectivity index is 1.83. The number of carbonyl (C=O) groups excluding carboxylic acids is 1. The largest absolute Gasteiger partial charge is 0.393 e. The maximum Gasteiger partial charge on any atom is 0.261 e. The van der Waals surface area contributed by atoms with E-state index in [1.165, 1.54) is 17.7 Å². The molecule has 2 heterocycles. The summed E-state index contributed by atoms with van der Waals surface area (Å²) in [6, 6.07) is 0.0942. The van der Waals surface area contributed by atoms with Crippen molar-refractivity contribution in [1.29, 1.82) is 0 Å². The van der Waals surface area contributed by atoms with Crippen molar-refractivity contribution < 1.29 is 9.90 Å². The standard InChI is InChI=1S/C14H17N3O3S/c1-7-10-12(19)15-6-16-14(10)21-11(7)13(20)17-8-2-4-9(18)5-3-8/h6,8-9,18H,2-5H2,1H3,(H,17,20)(H,15,16,19). The topological polar surface area (TPSA) is 95.1 Å². The van der Waals surface area contributed by atoms with Crippen LogP contribution in [0.3, 0.4) is 0 Å². The van der Waals surface area contributed by atoms with Gasteiger partial charge in [0.2, 0.25) is 0 Å². The summed E-state index contributed by atoms with van der Waals surface area (Å²) in [4.78, 5) is 32.0. The first kappa shape index (κ1) is 14.2. The number of nitrogens with one attached hydrogen (secondary N) is 2. The van der Waals surface area contributed by atoms with Crippen LogP contribution in [0.15, 0.2) is 11.1 Å². The lowest BCUT2D eigenvalue weighted by Crippen LogP contribution is -2.38. The van der Waals surface area contributed by atoms with Crippen LogP contribution in [-0.2, 0) is 0 Å². The second-order valence-electron chi connectivity index (χ2n) is 5.45. The maximum atomic E-state index is 12.4. The summed E-state index contributed by atoms with van der Waals surface area (Å²) in [7, 11) is 0. The van der Waals surface area contributed by atoms with E-state index in [4.69, 9.17) is 0 Å². The molecule has 0 atom stereocenters. The molecule has 21 heavy (non-hydrogen) atoms. The van der Waals surface area contributed by atoms with Gasteiger partial charge in [-0.25, -0.2) is 4.98 Å². The zero-order valence-corrected chi connectivity index (χ0v) is 12.5. The number of H-pyrrole nitrogens is 1. The number of amides is 1. The van der Waals surface area contributed by atoms with Crippen LogP contribution in [-0.4, -0.2) is 33.1 Å². The van der Waals surface area contributed by atoms with Crippen molar-refractivity contribution >= 4 is 27.5 Å². The number of thiophene rings is 1. The highest BCUT2D eigenvalue weighted by Gasteiger charge is 2.24. The summed E-state index contributed by atoms with van der Waals surface area (Å²) >= 11 is 1.24. The van der Waals surface area contributed by atoms with Crippen molar-refractivity contribution in [3.63, 3.8) is 0 Å². The Morgan fingerprint density at radius 3 is 2.81 bits per heavy atom. The molecule has 112 valence electrons. The Morgan fingerprint density at radius 1 is 1.43 bits per heavy atom. The molecule has 6 nitrogen and oxygen atoms in total. The van der Waals surface area contributed by atoms with E-state index in [0.29, 0.717) is 20.7 Å². The highest BCUT2D eigenvalue weighted by atomic mass is 32.1. The Morgan fingerprint density at radius 2 is 2.14 bits per heavy atom. The van der Waals surface area contributed by atoms with Crippen molar-refractivity contribution in [2.45, 2.75) is 44.8 Å². The van der Waals surface area contributed by atoms with E-state index in [2.05, 4.69) is 15.3 Å². The van der Waals surface area contributed by atoms with Crippen LogP contribution in [0.1, 0.15) is 40.9 Å². The van der Waals surface area contributed by atoms with Gasteiger partial charge < -0.3 is 15.4 Å². The van der Waals surface area contributed by atoms with Crippen LogP contribution in [0.2, 0.25) is 0 Å². The predicted molar refractivity (Wildman–Crippen MR) is 80.7 cm³/mol. The summed E-state index contributed by atoms with van der Waals surface area (Å²) in [6.07, 6.45) is 4.12. The zero-order chi connectivity index (χ0) is 15.0. The third-order valence-corrected chi connectivity index (χ3v) is 5.17. The fourth-order valence-electron chi connectivity index (χ4n) is 2.77. The molecule has 3 N–H and O–H groups in total. The zero-order valence-electron chi connectivity index (χ0n) is 11.7. The molecule has 1 aliphatic rings. The van der Waals surface area contributed by atoms with E-state index in [-0.39, 0.29) is 23.6 Å². The van der Waals surface area contributed by atoms with E-state index < -0.39 is 0 Å². The van der Waals surface area contributed by atoms with Gasteiger partial charge in [0.1, 0.15) is 4.83 Å². The van der Waals surface area contributed by atoms with Gasteiger partial charge in [-0.05, 0) is 38.2 Å². The number of carbonyl (C=O) groups is 1. The Hall–Kier alpha value is -1.73. The molecule has 0 aromatic carbocycles. The molecule has 0 spiro atoms. The SMILES string of the molecule is Cc1c(C(=O)NC2CCC(O)CC2)sc2nc[nH]c(=O)c12. The minimum Gasteiger partial charge on any atom is -0.393 e. The van der Waals surface area contributed by atoms with Crippen LogP contribution in [0.25, 0.3) is 10.2 Å². The fourth-order valence-corrected chi connectivity index (χ4v) is 3.82. The van der Waals surface area contributed by atoms with Crippen LogP contribution < -0.4 is 10.9 Å². The molecule has 2 aromatic rings. The third-order valence-electron chi connectivity index (χ3n) is 3.97. The Kier molecular flexibility index (Phi) is 3.77. The lowest BCUT2D eigenvalue weighted by atomic mass is 9.93. The molecule has 1 saturated carbocycles. The average Bonchev–Trinajstić information content (AvgIpc) is 2.80. The molecule has 1 aliphatic carbocycles. The van der Waals surface area contributed by atoms with Crippen molar-refractivity contribution in [3.8, 4) is 0 Å². The number of aliphatic hydroxyl groups is 1. The fraction of sp³-hybridized carbons (Fsp3) is 0.500. The van der Waals surface area contributed by atoms with Gasteiger partial charge in [0.25, 0.3) is 11.5 Å². The first-order valence-electron chi connectivity index (χ1n) is 7.02. The number of hydrogen-bond acceptors (Lipinski definition) is 5. The van der Waals surface area contributed by atoms with Crippen molar-refractivity contribution in [1.82, 2.24) is 15.3 Å². The predicted octanol–water partition coefficient (Wildman–Crippen LogP) is 1.33. The average molecular weight is 307 g/mol. The second kappa shape index (κ2) is 5.57. The van der Waals surface area contributed by atoms with E-state index in [0.717, 1.165) is 25.7 Å². The van der Waals surface area contributed by atoms with Crippen LogP contribution in [0, 0.1) is 6.92 Å². The summed E-state index contributed by atoms with van der Waals surface area (Å²) in [5.41, 5.74) is 0.464. The number of aromatic nitrogens is 2. The summed E-state index contributed by atoms with van der Waals surface area (Å²) in [5.74, 6) is -0.156. The van der Waals surface area contributed by atoms with Gasteiger partial charge in [0, 0.05) is 6.04 Å². The van der Waals surface area contributed by atoms with E-state index in [1.54, 1.807) is 6.92 Å². The maximum absolute atomic E-state index is 12.4. The molecule has 3 rings (SSSR count). The molecule has 0 bridgehead atoms. The van der Waals surface area contributed by atoms with Gasteiger partial charge in [-0.2, -0.15) is 0 Å². The quantitative estimate of drug-likeness (QED) is 0.780. The Bertz CT molecular complexity index is 729. The molecule has 1 fully saturated rings. The van der Waals surface area contributed by atoms with E-state index in [9.17, 15) is 14.7 Å². The van der Waals surface area contributed by atoms with Crippen LogP contribution in [0.5, 0.6) is 0 Å². The normalized spacial score (nSPS) is 22.4. The van der Waals surface area contributed by atoms with Gasteiger partial charge in [-0.15, -0.1) is 11.3 Å². The number of aryl methyl sites for hydroxylation is 1. The minimum atomic E-state index is -0.244. The number of aliphatic hydroxyl groups excluding tert-OH is 1. The minimum absolute atomic E-state index is 0.0942. The molecule has 1 amide bonds. The molecule has 7 heteroatoms. The molecular weight excluding hydrogens is 290 g/mol. The van der Waals surface area contributed by atoms with E-state index in [1.807, 2.05) is 0 Å².